The van der Waals surface area contributed by atoms with Crippen molar-refractivity contribution in [1.29, 1.82) is 5.26 Å². The van der Waals surface area contributed by atoms with E-state index in [-0.39, 0.29) is 5.91 Å². The molecule has 0 fully saturated rings. The van der Waals surface area contributed by atoms with E-state index >= 15 is 0 Å². The minimum absolute atomic E-state index is 0.0827. The van der Waals surface area contributed by atoms with E-state index in [0.717, 1.165) is 10.9 Å². The van der Waals surface area contributed by atoms with Crippen molar-refractivity contribution in [3.8, 4) is 6.07 Å². The second-order valence-corrected chi connectivity index (χ2v) is 4.24. The third kappa shape index (κ3) is 2.21. The number of nitrogens with zero attached hydrogens (tertiary/aromatic N) is 3. The van der Waals surface area contributed by atoms with Gasteiger partial charge in [-0.1, -0.05) is 0 Å². The first-order valence-electron chi connectivity index (χ1n) is 5.88. The molecule has 4 nitrogen and oxygen atoms in total. The molecule has 2 aromatic rings. The molecule has 0 atom stereocenters. The van der Waals surface area contributed by atoms with E-state index in [1.807, 2.05) is 35.9 Å². The fourth-order valence-electron chi connectivity index (χ4n) is 1.85. The molecular weight excluding hydrogens is 226 g/mol. The molecule has 1 aromatic heterocycles. The lowest BCUT2D eigenvalue weighted by Crippen LogP contribution is -2.29. The molecule has 1 heterocycles. The molecule has 1 amide bonds. The Balaban J connectivity index is 2.30. The lowest BCUT2D eigenvalue weighted by Gasteiger charge is -2.15. The van der Waals surface area contributed by atoms with Gasteiger partial charge >= 0.3 is 0 Å². The average Bonchev–Trinajstić information content (AvgIpc) is 2.80. The van der Waals surface area contributed by atoms with E-state index < -0.39 is 0 Å². The van der Waals surface area contributed by atoms with Gasteiger partial charge in [0.1, 0.15) is 6.54 Å². The van der Waals surface area contributed by atoms with Gasteiger partial charge < -0.3 is 9.47 Å². The second kappa shape index (κ2) is 4.92. The quantitative estimate of drug-likeness (QED) is 0.825. The van der Waals surface area contributed by atoms with Crippen LogP contribution in [0.4, 0.5) is 0 Å². The number of hydrogen-bond donors (Lipinski definition) is 0. The number of hydrogen-bond acceptors (Lipinski definition) is 2. The number of likely N-dealkylation sites (N-methyl/N-ethyl adjacent to an activating group) is 1. The maximum atomic E-state index is 11.9. The zero-order valence-corrected chi connectivity index (χ0v) is 10.6. The highest BCUT2D eigenvalue weighted by atomic mass is 16.2. The van der Waals surface area contributed by atoms with Gasteiger partial charge in [-0.25, -0.2) is 0 Å². The summed E-state index contributed by atoms with van der Waals surface area (Å²) in [5, 5.41) is 9.82. The first-order valence-corrected chi connectivity index (χ1v) is 5.88. The Morgan fingerprint density at radius 1 is 1.44 bits per heavy atom. The normalized spacial score (nSPS) is 10.3. The number of carbonyl (C=O) groups excluding carboxylic acids is 1. The Hall–Kier alpha value is -2.28. The third-order valence-electron chi connectivity index (χ3n) is 3.11. The summed E-state index contributed by atoms with van der Waals surface area (Å²) in [6.07, 6.45) is 1.88. The Labute approximate surface area is 106 Å². The molecule has 92 valence electrons. The molecule has 0 saturated carbocycles. The fraction of sp³-hybridized carbons (Fsp3) is 0.286. The zero-order valence-electron chi connectivity index (χ0n) is 10.6. The minimum atomic E-state index is 0.0827. The van der Waals surface area contributed by atoms with Gasteiger partial charge in [0.2, 0.25) is 5.91 Å². The zero-order chi connectivity index (χ0) is 13.1. The summed E-state index contributed by atoms with van der Waals surface area (Å²) in [5.41, 5.74) is 1.61. The third-order valence-corrected chi connectivity index (χ3v) is 3.11. The molecule has 2 rings (SSSR count). The van der Waals surface area contributed by atoms with Crippen molar-refractivity contribution in [3.05, 3.63) is 36.0 Å². The molecule has 0 N–H and O–H groups in total. The molecule has 0 saturated heterocycles. The van der Waals surface area contributed by atoms with Crippen LogP contribution < -0.4 is 0 Å². The van der Waals surface area contributed by atoms with Gasteiger partial charge in [0.25, 0.3) is 0 Å². The molecule has 0 unspecified atom stereocenters. The van der Waals surface area contributed by atoms with Crippen LogP contribution in [0.3, 0.4) is 0 Å². The van der Waals surface area contributed by atoms with Crippen molar-refractivity contribution < 1.29 is 4.79 Å². The molecule has 18 heavy (non-hydrogen) atoms. The van der Waals surface area contributed by atoms with Crippen molar-refractivity contribution >= 4 is 16.8 Å². The first kappa shape index (κ1) is 12.2. The summed E-state index contributed by atoms with van der Waals surface area (Å²) in [5.74, 6) is 0.0827. The molecule has 0 aliphatic heterocycles. The van der Waals surface area contributed by atoms with Crippen molar-refractivity contribution in [2.75, 3.05) is 13.6 Å². The van der Waals surface area contributed by atoms with E-state index in [2.05, 4.69) is 6.07 Å². The number of aromatic nitrogens is 1. The van der Waals surface area contributed by atoms with E-state index in [9.17, 15) is 4.79 Å². The molecule has 0 spiro atoms. The van der Waals surface area contributed by atoms with Crippen molar-refractivity contribution in [1.82, 2.24) is 9.47 Å². The highest BCUT2D eigenvalue weighted by Gasteiger charge is 2.09. The van der Waals surface area contributed by atoms with Crippen LogP contribution in [0.5, 0.6) is 0 Å². The number of benzene rings is 1. The number of amides is 1. The Kier molecular flexibility index (Phi) is 3.33. The maximum absolute atomic E-state index is 11.9. The van der Waals surface area contributed by atoms with Crippen molar-refractivity contribution in [2.24, 2.45) is 0 Å². The summed E-state index contributed by atoms with van der Waals surface area (Å²) in [6, 6.07) is 9.52. The van der Waals surface area contributed by atoms with Crippen LogP contribution in [0.1, 0.15) is 12.5 Å². The predicted molar refractivity (Wildman–Crippen MR) is 70.0 cm³/mol. The highest BCUT2D eigenvalue weighted by Crippen LogP contribution is 2.17. The Morgan fingerprint density at radius 2 is 2.22 bits per heavy atom. The molecule has 0 aliphatic carbocycles. The molecule has 1 aromatic carbocycles. The number of carbonyl (C=O) groups is 1. The van der Waals surface area contributed by atoms with Gasteiger partial charge in [0.15, 0.2) is 0 Å². The van der Waals surface area contributed by atoms with Crippen LogP contribution in [0, 0.1) is 11.3 Å². The van der Waals surface area contributed by atoms with Gasteiger partial charge in [0.05, 0.1) is 11.6 Å². The van der Waals surface area contributed by atoms with E-state index in [1.54, 1.807) is 18.0 Å². The van der Waals surface area contributed by atoms with Crippen LogP contribution >= 0.6 is 0 Å². The molecule has 4 heteroatoms. The first-order chi connectivity index (χ1) is 8.65. The molecule has 0 radical (unpaired) electrons. The van der Waals surface area contributed by atoms with Crippen molar-refractivity contribution in [2.45, 2.75) is 13.5 Å². The standard InChI is InChI=1S/C14H15N3O/c1-3-16(2)14(18)10-17-7-6-12-8-11(9-15)4-5-13(12)17/h4-8H,3,10H2,1-2H3. The van der Waals surface area contributed by atoms with Gasteiger partial charge in [-0.3, -0.25) is 4.79 Å². The number of nitriles is 1. The lowest BCUT2D eigenvalue weighted by molar-refractivity contribution is -0.130. The van der Waals surface area contributed by atoms with Crippen LogP contribution in [0.2, 0.25) is 0 Å². The molecule has 0 aliphatic rings. The summed E-state index contributed by atoms with van der Waals surface area (Å²) in [6.45, 7) is 2.99. The molecule has 0 bridgehead atoms. The second-order valence-electron chi connectivity index (χ2n) is 4.24. The lowest BCUT2D eigenvalue weighted by atomic mass is 10.2. The highest BCUT2D eigenvalue weighted by molar-refractivity contribution is 5.84. The topological polar surface area (TPSA) is 49.0 Å². The summed E-state index contributed by atoms with van der Waals surface area (Å²) >= 11 is 0. The van der Waals surface area contributed by atoms with Gasteiger partial charge in [-0.2, -0.15) is 5.26 Å². The van der Waals surface area contributed by atoms with Crippen molar-refractivity contribution in [3.63, 3.8) is 0 Å². The van der Waals surface area contributed by atoms with Crippen LogP contribution in [0.25, 0.3) is 10.9 Å². The average molecular weight is 241 g/mol. The van der Waals surface area contributed by atoms with Crippen LogP contribution in [-0.2, 0) is 11.3 Å². The van der Waals surface area contributed by atoms with Gasteiger partial charge in [-0.05, 0) is 31.2 Å². The fourth-order valence-corrected chi connectivity index (χ4v) is 1.85. The number of rotatable bonds is 3. The van der Waals surface area contributed by atoms with Crippen LogP contribution in [-0.4, -0.2) is 29.0 Å². The van der Waals surface area contributed by atoms with E-state index in [0.29, 0.717) is 18.7 Å². The number of fused-ring (bicyclic) bond motifs is 1. The summed E-state index contributed by atoms with van der Waals surface area (Å²) < 4.78 is 1.91. The SMILES string of the molecule is CCN(C)C(=O)Cn1ccc2cc(C#N)ccc21. The summed E-state index contributed by atoms with van der Waals surface area (Å²) in [7, 11) is 1.79. The Morgan fingerprint density at radius 3 is 2.89 bits per heavy atom. The van der Waals surface area contributed by atoms with Crippen LogP contribution in [0.15, 0.2) is 30.5 Å². The smallest absolute Gasteiger partial charge is 0.242 e. The van der Waals surface area contributed by atoms with Gasteiger partial charge in [0, 0.05) is 30.7 Å². The van der Waals surface area contributed by atoms with E-state index in [4.69, 9.17) is 5.26 Å². The largest absolute Gasteiger partial charge is 0.344 e. The summed E-state index contributed by atoms with van der Waals surface area (Å²) in [4.78, 5) is 13.6. The minimum Gasteiger partial charge on any atom is -0.344 e. The molecular formula is C14H15N3O. The van der Waals surface area contributed by atoms with Gasteiger partial charge in [-0.15, -0.1) is 0 Å². The van der Waals surface area contributed by atoms with E-state index in [1.165, 1.54) is 0 Å². The predicted octanol–water partition coefficient (Wildman–Crippen LogP) is 1.99. The Bertz CT molecular complexity index is 621. The monoisotopic (exact) mass is 241 g/mol. The maximum Gasteiger partial charge on any atom is 0.242 e.